The molecule has 0 saturated carbocycles. The van der Waals surface area contributed by atoms with Gasteiger partial charge in [0.1, 0.15) is 5.75 Å². The topological polar surface area (TPSA) is 58.6 Å². The summed E-state index contributed by atoms with van der Waals surface area (Å²) in [5.74, 6) is 0.0366. The molecule has 0 heterocycles. The summed E-state index contributed by atoms with van der Waals surface area (Å²) in [6.07, 6.45) is 1.83. The van der Waals surface area contributed by atoms with Gasteiger partial charge in [-0.2, -0.15) is 0 Å². The number of carboxylic acid groups (broad SMARTS) is 1. The second kappa shape index (κ2) is 8.39. The highest BCUT2D eigenvalue weighted by atomic mass is 16.5. The smallest absolute Gasteiger partial charge is 0.337 e. The first-order valence-electron chi connectivity index (χ1n) is 8.26. The van der Waals surface area contributed by atoms with Gasteiger partial charge in [0, 0.05) is 6.54 Å². The van der Waals surface area contributed by atoms with Gasteiger partial charge in [0.05, 0.1) is 17.9 Å². The van der Waals surface area contributed by atoms with Crippen molar-refractivity contribution in [3.05, 3.63) is 58.7 Å². The Morgan fingerprint density at radius 1 is 1.04 bits per heavy atom. The van der Waals surface area contributed by atoms with E-state index in [0.717, 1.165) is 30.7 Å². The van der Waals surface area contributed by atoms with E-state index < -0.39 is 5.97 Å². The SMILES string of the molecule is Cc1cccc(OCCCCNc2c(C)cccc2C(=O)O)c1C. The van der Waals surface area contributed by atoms with Crippen LogP contribution < -0.4 is 10.1 Å². The van der Waals surface area contributed by atoms with Crippen LogP contribution in [0.5, 0.6) is 5.75 Å². The summed E-state index contributed by atoms with van der Waals surface area (Å²) in [5.41, 5.74) is 4.39. The third-order valence-corrected chi connectivity index (χ3v) is 4.19. The molecule has 4 heteroatoms. The van der Waals surface area contributed by atoms with Crippen LogP contribution in [0.1, 0.15) is 39.9 Å². The maximum atomic E-state index is 11.3. The summed E-state index contributed by atoms with van der Waals surface area (Å²) in [6.45, 7) is 7.44. The lowest BCUT2D eigenvalue weighted by atomic mass is 10.1. The molecule has 0 amide bonds. The largest absolute Gasteiger partial charge is 0.493 e. The normalized spacial score (nSPS) is 10.5. The molecule has 0 saturated heterocycles. The first kappa shape index (κ1) is 17.9. The van der Waals surface area contributed by atoms with E-state index in [9.17, 15) is 9.90 Å². The Hall–Kier alpha value is -2.49. The molecular weight excluding hydrogens is 302 g/mol. The summed E-state index contributed by atoms with van der Waals surface area (Å²) in [7, 11) is 0. The maximum Gasteiger partial charge on any atom is 0.337 e. The lowest BCUT2D eigenvalue weighted by Gasteiger charge is -2.13. The van der Waals surface area contributed by atoms with Gasteiger partial charge in [-0.3, -0.25) is 0 Å². The van der Waals surface area contributed by atoms with E-state index in [1.807, 2.05) is 25.1 Å². The number of nitrogens with one attached hydrogen (secondary N) is 1. The number of aromatic carboxylic acids is 1. The number of para-hydroxylation sites is 1. The number of hydrogen-bond donors (Lipinski definition) is 2. The molecule has 0 bridgehead atoms. The van der Waals surface area contributed by atoms with E-state index in [2.05, 4.69) is 25.2 Å². The first-order chi connectivity index (χ1) is 11.5. The number of hydrogen-bond acceptors (Lipinski definition) is 3. The molecule has 2 aromatic rings. The highest BCUT2D eigenvalue weighted by Crippen LogP contribution is 2.22. The molecule has 0 spiro atoms. The Morgan fingerprint density at radius 2 is 1.75 bits per heavy atom. The van der Waals surface area contributed by atoms with Crippen LogP contribution in [0.3, 0.4) is 0 Å². The zero-order chi connectivity index (χ0) is 17.5. The average molecular weight is 327 g/mol. The molecule has 24 heavy (non-hydrogen) atoms. The van der Waals surface area contributed by atoms with Crippen molar-refractivity contribution in [2.45, 2.75) is 33.6 Å². The van der Waals surface area contributed by atoms with Gasteiger partial charge < -0.3 is 15.2 Å². The molecule has 0 unspecified atom stereocenters. The molecule has 2 N–H and O–H groups in total. The Morgan fingerprint density at radius 3 is 2.50 bits per heavy atom. The third-order valence-electron chi connectivity index (χ3n) is 4.19. The van der Waals surface area contributed by atoms with Gasteiger partial charge >= 0.3 is 5.97 Å². The fourth-order valence-corrected chi connectivity index (χ4v) is 2.58. The van der Waals surface area contributed by atoms with Crippen molar-refractivity contribution >= 4 is 11.7 Å². The van der Waals surface area contributed by atoms with E-state index >= 15 is 0 Å². The zero-order valence-corrected chi connectivity index (χ0v) is 14.6. The van der Waals surface area contributed by atoms with Crippen LogP contribution in [0, 0.1) is 20.8 Å². The van der Waals surface area contributed by atoms with Crippen molar-refractivity contribution in [3.63, 3.8) is 0 Å². The van der Waals surface area contributed by atoms with Crippen LogP contribution in [0.25, 0.3) is 0 Å². The number of ether oxygens (including phenoxy) is 1. The van der Waals surface area contributed by atoms with Crippen LogP contribution in [-0.2, 0) is 0 Å². The second-order valence-electron chi connectivity index (χ2n) is 5.98. The first-order valence-corrected chi connectivity index (χ1v) is 8.26. The van der Waals surface area contributed by atoms with Crippen LogP contribution >= 0.6 is 0 Å². The van der Waals surface area contributed by atoms with E-state index in [0.29, 0.717) is 17.9 Å². The Kier molecular flexibility index (Phi) is 6.24. The molecule has 0 atom stereocenters. The summed E-state index contributed by atoms with van der Waals surface area (Å²) in [4.78, 5) is 11.3. The molecular formula is C20H25NO3. The molecule has 128 valence electrons. The van der Waals surface area contributed by atoms with Gasteiger partial charge in [-0.1, -0.05) is 24.3 Å². The van der Waals surface area contributed by atoms with Crippen molar-refractivity contribution < 1.29 is 14.6 Å². The van der Waals surface area contributed by atoms with Crippen molar-refractivity contribution in [2.24, 2.45) is 0 Å². The number of aryl methyl sites for hydroxylation is 2. The number of carbonyl (C=O) groups is 1. The van der Waals surface area contributed by atoms with Gasteiger partial charge in [-0.25, -0.2) is 4.79 Å². The third kappa shape index (κ3) is 4.51. The van der Waals surface area contributed by atoms with E-state index in [-0.39, 0.29) is 0 Å². The minimum atomic E-state index is -0.903. The molecule has 2 aromatic carbocycles. The molecule has 0 aliphatic carbocycles. The number of benzene rings is 2. The Labute approximate surface area is 143 Å². The number of rotatable bonds is 8. The molecule has 0 radical (unpaired) electrons. The van der Waals surface area contributed by atoms with E-state index in [1.54, 1.807) is 12.1 Å². The standard InChI is InChI=1S/C20H25NO3/c1-14-8-7-11-18(16(14)3)24-13-5-4-12-21-19-15(2)9-6-10-17(19)20(22)23/h6-11,21H,4-5,12-13H2,1-3H3,(H,22,23). The number of anilines is 1. The van der Waals surface area contributed by atoms with Crippen molar-refractivity contribution in [3.8, 4) is 5.75 Å². The number of unbranched alkanes of at least 4 members (excludes halogenated alkanes) is 1. The van der Waals surface area contributed by atoms with Gasteiger partial charge in [-0.15, -0.1) is 0 Å². The van der Waals surface area contributed by atoms with Crippen molar-refractivity contribution in [1.82, 2.24) is 0 Å². The van der Waals surface area contributed by atoms with Crippen LogP contribution in [-0.4, -0.2) is 24.2 Å². The van der Waals surface area contributed by atoms with Gasteiger partial charge in [-0.05, 0) is 62.4 Å². The molecule has 0 aliphatic rings. The number of carboxylic acids is 1. The summed E-state index contributed by atoms with van der Waals surface area (Å²) >= 11 is 0. The lowest BCUT2D eigenvalue weighted by molar-refractivity contribution is 0.0698. The predicted molar refractivity (Wildman–Crippen MR) is 97.3 cm³/mol. The quantitative estimate of drug-likeness (QED) is 0.697. The second-order valence-corrected chi connectivity index (χ2v) is 5.98. The average Bonchev–Trinajstić information content (AvgIpc) is 2.55. The molecule has 0 aliphatic heterocycles. The minimum absolute atomic E-state index is 0.321. The molecule has 0 fully saturated rings. The molecule has 0 aromatic heterocycles. The Balaban J connectivity index is 1.78. The van der Waals surface area contributed by atoms with Crippen molar-refractivity contribution in [2.75, 3.05) is 18.5 Å². The van der Waals surface area contributed by atoms with Crippen LogP contribution in [0.2, 0.25) is 0 Å². The monoisotopic (exact) mass is 327 g/mol. The van der Waals surface area contributed by atoms with Gasteiger partial charge in [0.15, 0.2) is 0 Å². The summed E-state index contributed by atoms with van der Waals surface area (Å²) in [6, 6.07) is 11.4. The minimum Gasteiger partial charge on any atom is -0.493 e. The van der Waals surface area contributed by atoms with Gasteiger partial charge in [0.2, 0.25) is 0 Å². The highest BCUT2D eigenvalue weighted by Gasteiger charge is 2.11. The molecule has 2 rings (SSSR count). The van der Waals surface area contributed by atoms with E-state index in [1.165, 1.54) is 11.1 Å². The summed E-state index contributed by atoms with van der Waals surface area (Å²) < 4.78 is 5.83. The van der Waals surface area contributed by atoms with Crippen molar-refractivity contribution in [1.29, 1.82) is 0 Å². The zero-order valence-electron chi connectivity index (χ0n) is 14.6. The Bertz CT molecular complexity index is 710. The maximum absolute atomic E-state index is 11.3. The van der Waals surface area contributed by atoms with Crippen LogP contribution in [0.15, 0.2) is 36.4 Å². The lowest BCUT2D eigenvalue weighted by Crippen LogP contribution is -2.10. The molecule has 4 nitrogen and oxygen atoms in total. The van der Waals surface area contributed by atoms with E-state index in [4.69, 9.17) is 4.74 Å². The summed E-state index contributed by atoms with van der Waals surface area (Å²) in [5, 5.41) is 12.5. The predicted octanol–water partition coefficient (Wildman–Crippen LogP) is 4.58. The fourth-order valence-electron chi connectivity index (χ4n) is 2.58. The highest BCUT2D eigenvalue weighted by molar-refractivity contribution is 5.95. The van der Waals surface area contributed by atoms with Crippen LogP contribution in [0.4, 0.5) is 5.69 Å². The fraction of sp³-hybridized carbons (Fsp3) is 0.350. The van der Waals surface area contributed by atoms with Gasteiger partial charge in [0.25, 0.3) is 0 Å².